The average molecular weight is 316 g/mol. The first-order valence-electron chi connectivity index (χ1n) is 6.68. The summed E-state index contributed by atoms with van der Waals surface area (Å²) in [4.78, 5) is 10.4. The first kappa shape index (κ1) is 17.4. The van der Waals surface area contributed by atoms with E-state index in [9.17, 15) is 18.5 Å². The minimum Gasteiger partial charge on any atom is -0.487 e. The fourth-order valence-electron chi connectivity index (χ4n) is 1.83. The molecular formula is C13H20N2O5S. The van der Waals surface area contributed by atoms with Gasteiger partial charge in [0.1, 0.15) is 0 Å². The molecule has 1 aromatic rings. The van der Waals surface area contributed by atoms with Gasteiger partial charge >= 0.3 is 5.69 Å². The summed E-state index contributed by atoms with van der Waals surface area (Å²) in [7, 11) is -3.39. The van der Waals surface area contributed by atoms with Crippen LogP contribution in [0.25, 0.3) is 0 Å². The van der Waals surface area contributed by atoms with Crippen molar-refractivity contribution in [2.45, 2.75) is 32.6 Å². The summed E-state index contributed by atoms with van der Waals surface area (Å²) in [6.45, 7) is 2.20. The van der Waals surface area contributed by atoms with Gasteiger partial charge in [0.25, 0.3) is 0 Å². The number of nitro groups is 1. The molecule has 7 nitrogen and oxygen atoms in total. The molecule has 21 heavy (non-hydrogen) atoms. The van der Waals surface area contributed by atoms with Gasteiger partial charge in [-0.15, -0.1) is 0 Å². The molecule has 0 heterocycles. The predicted octanol–water partition coefficient (Wildman–Crippen LogP) is 2.13. The summed E-state index contributed by atoms with van der Waals surface area (Å²) in [5.41, 5.74) is 0.846. The third kappa shape index (κ3) is 7.05. The molecule has 1 rings (SSSR count). The summed E-state index contributed by atoms with van der Waals surface area (Å²) < 4.78 is 26.9. The van der Waals surface area contributed by atoms with Gasteiger partial charge < -0.3 is 4.74 Å². The Balaban J connectivity index is 2.33. The number of primary sulfonamides is 1. The van der Waals surface area contributed by atoms with Crippen LogP contribution in [0, 0.1) is 17.0 Å². The number of hydrogen-bond donors (Lipinski definition) is 1. The third-order valence-corrected chi connectivity index (χ3v) is 3.75. The van der Waals surface area contributed by atoms with Crippen molar-refractivity contribution < 1.29 is 18.1 Å². The number of unbranched alkanes of at least 4 members (excludes halogenated alkanes) is 3. The van der Waals surface area contributed by atoms with Crippen molar-refractivity contribution in [1.29, 1.82) is 0 Å². The minimum atomic E-state index is -3.39. The molecule has 0 aliphatic carbocycles. The lowest BCUT2D eigenvalue weighted by Gasteiger charge is -2.07. The van der Waals surface area contributed by atoms with E-state index in [0.29, 0.717) is 19.4 Å². The van der Waals surface area contributed by atoms with Crippen LogP contribution in [0.1, 0.15) is 31.2 Å². The standard InChI is InChI=1S/C13H20N2O5S/c1-11-6-7-12(15(16)17)13(10-11)20-8-4-2-3-5-9-21(14,18)19/h6-7,10H,2-5,8-9H2,1H3,(H2,14,18,19). The van der Waals surface area contributed by atoms with E-state index in [-0.39, 0.29) is 17.2 Å². The summed E-state index contributed by atoms with van der Waals surface area (Å²) in [5.74, 6) is 0.251. The second kappa shape index (κ2) is 7.94. The van der Waals surface area contributed by atoms with Crippen LogP contribution >= 0.6 is 0 Å². The normalized spacial score (nSPS) is 11.3. The van der Waals surface area contributed by atoms with E-state index in [1.807, 2.05) is 6.92 Å². The van der Waals surface area contributed by atoms with Gasteiger partial charge in [-0.3, -0.25) is 10.1 Å². The molecule has 0 atom stereocenters. The number of aryl methyl sites for hydroxylation is 1. The van der Waals surface area contributed by atoms with Crippen LogP contribution < -0.4 is 9.88 Å². The van der Waals surface area contributed by atoms with E-state index >= 15 is 0 Å². The number of hydrogen-bond acceptors (Lipinski definition) is 5. The monoisotopic (exact) mass is 316 g/mol. The van der Waals surface area contributed by atoms with Crippen LogP contribution in [-0.4, -0.2) is 25.7 Å². The smallest absolute Gasteiger partial charge is 0.310 e. The maximum absolute atomic E-state index is 10.9. The number of benzene rings is 1. The molecule has 0 bridgehead atoms. The van der Waals surface area contributed by atoms with Crippen molar-refractivity contribution >= 4 is 15.7 Å². The molecular weight excluding hydrogens is 296 g/mol. The summed E-state index contributed by atoms with van der Waals surface area (Å²) in [6.07, 6.45) is 2.74. The average Bonchev–Trinajstić information content (AvgIpc) is 2.36. The zero-order valence-electron chi connectivity index (χ0n) is 11.9. The van der Waals surface area contributed by atoms with Gasteiger partial charge in [-0.1, -0.05) is 18.9 Å². The van der Waals surface area contributed by atoms with Gasteiger partial charge in [0.05, 0.1) is 17.3 Å². The maximum Gasteiger partial charge on any atom is 0.310 e. The SMILES string of the molecule is Cc1ccc([N+](=O)[O-])c(OCCCCCCS(N)(=O)=O)c1. The van der Waals surface area contributed by atoms with E-state index in [2.05, 4.69) is 0 Å². The number of nitro benzene ring substituents is 1. The fourth-order valence-corrected chi connectivity index (χ4v) is 2.44. The van der Waals surface area contributed by atoms with E-state index in [1.165, 1.54) is 6.07 Å². The minimum absolute atomic E-state index is 0.0167. The van der Waals surface area contributed by atoms with Crippen molar-refractivity contribution in [3.63, 3.8) is 0 Å². The van der Waals surface area contributed by atoms with Crippen LogP contribution in [0.2, 0.25) is 0 Å². The van der Waals surface area contributed by atoms with Gasteiger partial charge in [0, 0.05) is 6.07 Å². The van der Waals surface area contributed by atoms with E-state index in [1.54, 1.807) is 12.1 Å². The Hall–Kier alpha value is -1.67. The highest BCUT2D eigenvalue weighted by atomic mass is 32.2. The summed E-state index contributed by atoms with van der Waals surface area (Å²) in [5, 5.41) is 15.8. The molecule has 0 saturated carbocycles. The molecule has 0 saturated heterocycles. The third-order valence-electron chi connectivity index (χ3n) is 2.89. The highest BCUT2D eigenvalue weighted by Gasteiger charge is 2.14. The summed E-state index contributed by atoms with van der Waals surface area (Å²) in [6, 6.07) is 4.73. The molecule has 0 unspecified atom stereocenters. The first-order valence-corrected chi connectivity index (χ1v) is 8.39. The van der Waals surface area contributed by atoms with Gasteiger partial charge in [-0.05, 0) is 31.4 Å². The lowest BCUT2D eigenvalue weighted by atomic mass is 10.2. The number of sulfonamides is 1. The number of nitrogens with zero attached hydrogens (tertiary/aromatic N) is 1. The molecule has 0 amide bonds. The molecule has 0 fully saturated rings. The largest absolute Gasteiger partial charge is 0.487 e. The fraction of sp³-hybridized carbons (Fsp3) is 0.538. The summed E-state index contributed by atoms with van der Waals surface area (Å²) >= 11 is 0. The van der Waals surface area contributed by atoms with Crippen molar-refractivity contribution in [2.75, 3.05) is 12.4 Å². The Morgan fingerprint density at radius 3 is 2.52 bits per heavy atom. The molecule has 1 aromatic carbocycles. The molecule has 2 N–H and O–H groups in total. The van der Waals surface area contributed by atoms with Gasteiger partial charge in [0.2, 0.25) is 10.0 Å². The van der Waals surface area contributed by atoms with Crippen molar-refractivity contribution in [3.05, 3.63) is 33.9 Å². The van der Waals surface area contributed by atoms with E-state index in [4.69, 9.17) is 9.88 Å². The first-order chi connectivity index (χ1) is 9.79. The van der Waals surface area contributed by atoms with Crippen LogP contribution in [0.5, 0.6) is 5.75 Å². The molecule has 0 radical (unpaired) electrons. The second-order valence-electron chi connectivity index (χ2n) is 4.86. The maximum atomic E-state index is 10.9. The molecule has 0 aromatic heterocycles. The van der Waals surface area contributed by atoms with Crippen molar-refractivity contribution in [1.82, 2.24) is 0 Å². The Bertz CT molecular complexity index is 586. The van der Waals surface area contributed by atoms with Gasteiger partial charge in [0.15, 0.2) is 5.75 Å². The zero-order chi connectivity index (χ0) is 15.9. The van der Waals surface area contributed by atoms with Crippen LogP contribution in [0.4, 0.5) is 5.69 Å². The number of ether oxygens (including phenoxy) is 1. The quantitative estimate of drug-likeness (QED) is 0.426. The molecule has 0 spiro atoms. The predicted molar refractivity (Wildman–Crippen MR) is 79.8 cm³/mol. The lowest BCUT2D eigenvalue weighted by Crippen LogP contribution is -2.16. The van der Waals surface area contributed by atoms with E-state index < -0.39 is 14.9 Å². The molecule has 0 aliphatic rings. The Morgan fingerprint density at radius 2 is 1.90 bits per heavy atom. The Labute approximate surface area is 124 Å². The highest BCUT2D eigenvalue weighted by molar-refractivity contribution is 7.89. The number of rotatable bonds is 9. The van der Waals surface area contributed by atoms with Crippen LogP contribution in [-0.2, 0) is 10.0 Å². The molecule has 0 aliphatic heterocycles. The van der Waals surface area contributed by atoms with Crippen LogP contribution in [0.15, 0.2) is 18.2 Å². The lowest BCUT2D eigenvalue weighted by molar-refractivity contribution is -0.385. The Morgan fingerprint density at radius 1 is 1.24 bits per heavy atom. The van der Waals surface area contributed by atoms with Crippen molar-refractivity contribution in [3.8, 4) is 5.75 Å². The second-order valence-corrected chi connectivity index (χ2v) is 6.59. The zero-order valence-corrected chi connectivity index (χ0v) is 12.8. The topological polar surface area (TPSA) is 113 Å². The van der Waals surface area contributed by atoms with Crippen LogP contribution in [0.3, 0.4) is 0 Å². The van der Waals surface area contributed by atoms with Crippen molar-refractivity contribution in [2.24, 2.45) is 5.14 Å². The highest BCUT2D eigenvalue weighted by Crippen LogP contribution is 2.27. The Kier molecular flexibility index (Phi) is 6.57. The molecule has 118 valence electrons. The number of nitrogens with two attached hydrogens (primary N) is 1. The van der Waals surface area contributed by atoms with E-state index in [0.717, 1.165) is 18.4 Å². The van der Waals surface area contributed by atoms with Gasteiger partial charge in [-0.2, -0.15) is 0 Å². The molecule has 8 heteroatoms. The van der Waals surface area contributed by atoms with Gasteiger partial charge in [-0.25, -0.2) is 13.6 Å².